The van der Waals surface area contributed by atoms with Crippen molar-refractivity contribution in [1.29, 1.82) is 5.26 Å². The third-order valence-corrected chi connectivity index (χ3v) is 5.88. The molecule has 0 aliphatic rings. The highest BCUT2D eigenvalue weighted by molar-refractivity contribution is 6.31. The maximum atomic E-state index is 12.7. The SMILES string of the molecule is Cc1cccc(COc2ccc(/C=C(\C#N)C(=O)Nc3ccc(OCc4ccccc4Cl)cc3)cc2)c1. The summed E-state index contributed by atoms with van der Waals surface area (Å²) in [5.41, 5.74) is 4.42. The van der Waals surface area contributed by atoms with Gasteiger partial charge < -0.3 is 14.8 Å². The Morgan fingerprint density at radius 3 is 2.24 bits per heavy atom. The van der Waals surface area contributed by atoms with Gasteiger partial charge in [0.15, 0.2) is 0 Å². The number of amides is 1. The van der Waals surface area contributed by atoms with Crippen molar-refractivity contribution in [2.24, 2.45) is 0 Å². The number of nitrogens with one attached hydrogen (secondary N) is 1. The molecule has 4 aromatic rings. The minimum Gasteiger partial charge on any atom is -0.489 e. The third kappa shape index (κ3) is 7.47. The van der Waals surface area contributed by atoms with E-state index in [1.54, 1.807) is 42.5 Å². The Morgan fingerprint density at radius 2 is 1.57 bits per heavy atom. The van der Waals surface area contributed by atoms with Crippen LogP contribution in [0.25, 0.3) is 6.08 Å². The first-order valence-electron chi connectivity index (χ1n) is 11.7. The van der Waals surface area contributed by atoms with Gasteiger partial charge in [-0.15, -0.1) is 0 Å². The van der Waals surface area contributed by atoms with E-state index >= 15 is 0 Å². The van der Waals surface area contributed by atoms with Crippen LogP contribution in [-0.2, 0) is 18.0 Å². The van der Waals surface area contributed by atoms with Crippen LogP contribution in [0.3, 0.4) is 0 Å². The summed E-state index contributed by atoms with van der Waals surface area (Å²) in [4.78, 5) is 12.7. The predicted octanol–water partition coefficient (Wildman–Crippen LogP) is 7.35. The number of anilines is 1. The molecule has 1 N–H and O–H groups in total. The molecule has 0 radical (unpaired) electrons. The summed E-state index contributed by atoms with van der Waals surface area (Å²) in [6, 6.07) is 31.8. The Labute approximate surface area is 221 Å². The van der Waals surface area contributed by atoms with E-state index in [0.717, 1.165) is 16.7 Å². The molecule has 4 rings (SSSR count). The molecule has 0 aliphatic carbocycles. The number of hydrogen-bond donors (Lipinski definition) is 1. The number of hydrogen-bond acceptors (Lipinski definition) is 4. The van der Waals surface area contributed by atoms with Gasteiger partial charge >= 0.3 is 0 Å². The summed E-state index contributed by atoms with van der Waals surface area (Å²) in [6.45, 7) is 2.84. The van der Waals surface area contributed by atoms with Crippen LogP contribution in [0.1, 0.15) is 22.3 Å². The van der Waals surface area contributed by atoms with Crippen LogP contribution in [0.2, 0.25) is 5.02 Å². The summed E-state index contributed by atoms with van der Waals surface area (Å²) in [7, 11) is 0. The average Bonchev–Trinajstić information content (AvgIpc) is 2.91. The average molecular weight is 509 g/mol. The zero-order valence-corrected chi connectivity index (χ0v) is 21.0. The Hall–Kier alpha value is -4.53. The van der Waals surface area contributed by atoms with Crippen molar-refractivity contribution in [3.63, 3.8) is 0 Å². The zero-order chi connectivity index (χ0) is 26.0. The second-order valence-corrected chi connectivity index (χ2v) is 8.78. The fraction of sp³-hybridized carbons (Fsp3) is 0.0968. The van der Waals surface area contributed by atoms with Crippen molar-refractivity contribution < 1.29 is 14.3 Å². The van der Waals surface area contributed by atoms with E-state index in [4.69, 9.17) is 21.1 Å². The molecule has 0 spiro atoms. The number of benzene rings is 4. The number of ether oxygens (including phenoxy) is 2. The second-order valence-electron chi connectivity index (χ2n) is 8.38. The topological polar surface area (TPSA) is 71.3 Å². The molecule has 0 fully saturated rings. The number of aryl methyl sites for hydroxylation is 1. The van der Waals surface area contributed by atoms with Crippen LogP contribution in [-0.4, -0.2) is 5.91 Å². The maximum Gasteiger partial charge on any atom is 0.266 e. The Kier molecular flexibility index (Phi) is 8.59. The molecule has 4 aromatic carbocycles. The third-order valence-electron chi connectivity index (χ3n) is 5.51. The molecule has 184 valence electrons. The van der Waals surface area contributed by atoms with Crippen molar-refractivity contribution in [3.8, 4) is 17.6 Å². The summed E-state index contributed by atoms with van der Waals surface area (Å²) in [6.07, 6.45) is 1.54. The first-order valence-corrected chi connectivity index (χ1v) is 12.1. The van der Waals surface area contributed by atoms with Gasteiger partial charge in [-0.2, -0.15) is 5.26 Å². The van der Waals surface area contributed by atoms with E-state index in [1.165, 1.54) is 5.56 Å². The number of nitrogens with zero attached hydrogens (tertiary/aromatic N) is 1. The first kappa shape index (κ1) is 25.6. The lowest BCUT2D eigenvalue weighted by Crippen LogP contribution is -2.13. The molecule has 0 saturated carbocycles. The van der Waals surface area contributed by atoms with E-state index in [0.29, 0.717) is 35.4 Å². The van der Waals surface area contributed by atoms with Crippen molar-refractivity contribution in [1.82, 2.24) is 0 Å². The van der Waals surface area contributed by atoms with Crippen molar-refractivity contribution in [3.05, 3.63) is 130 Å². The molecular formula is C31H25ClN2O3. The molecule has 6 heteroatoms. The molecule has 0 unspecified atom stereocenters. The van der Waals surface area contributed by atoms with Gasteiger partial charge in [0, 0.05) is 16.3 Å². The molecule has 0 heterocycles. The molecule has 0 atom stereocenters. The highest BCUT2D eigenvalue weighted by Crippen LogP contribution is 2.21. The molecule has 0 bridgehead atoms. The van der Waals surface area contributed by atoms with E-state index in [2.05, 4.69) is 11.4 Å². The van der Waals surface area contributed by atoms with E-state index in [-0.39, 0.29) is 5.57 Å². The molecule has 0 aliphatic heterocycles. The Balaban J connectivity index is 1.32. The van der Waals surface area contributed by atoms with Crippen LogP contribution >= 0.6 is 11.6 Å². The minimum atomic E-state index is -0.494. The lowest BCUT2D eigenvalue weighted by atomic mass is 10.1. The van der Waals surface area contributed by atoms with E-state index in [1.807, 2.05) is 67.6 Å². The van der Waals surface area contributed by atoms with E-state index < -0.39 is 5.91 Å². The molecule has 1 amide bonds. The van der Waals surface area contributed by atoms with Gasteiger partial charge in [0.1, 0.15) is 36.4 Å². The van der Waals surface area contributed by atoms with Gasteiger partial charge in [-0.1, -0.05) is 71.8 Å². The van der Waals surface area contributed by atoms with Gasteiger partial charge in [0.05, 0.1) is 0 Å². The van der Waals surface area contributed by atoms with Crippen molar-refractivity contribution >= 4 is 29.3 Å². The summed E-state index contributed by atoms with van der Waals surface area (Å²) in [5.74, 6) is 0.851. The van der Waals surface area contributed by atoms with Crippen LogP contribution < -0.4 is 14.8 Å². The lowest BCUT2D eigenvalue weighted by molar-refractivity contribution is -0.112. The van der Waals surface area contributed by atoms with Gasteiger partial charge in [0.25, 0.3) is 5.91 Å². The largest absolute Gasteiger partial charge is 0.489 e. The molecular weight excluding hydrogens is 484 g/mol. The van der Waals surface area contributed by atoms with Gasteiger partial charge in [-0.05, 0) is 66.6 Å². The van der Waals surface area contributed by atoms with Gasteiger partial charge in [0.2, 0.25) is 0 Å². The number of carbonyl (C=O) groups is 1. The fourth-order valence-electron chi connectivity index (χ4n) is 3.55. The number of rotatable bonds is 9. The number of halogens is 1. The van der Waals surface area contributed by atoms with Crippen LogP contribution in [0.5, 0.6) is 11.5 Å². The minimum absolute atomic E-state index is 0.00697. The fourth-order valence-corrected chi connectivity index (χ4v) is 3.74. The second kappa shape index (κ2) is 12.4. The lowest BCUT2D eigenvalue weighted by Gasteiger charge is -2.09. The molecule has 0 saturated heterocycles. The number of nitriles is 1. The Morgan fingerprint density at radius 1 is 0.892 bits per heavy atom. The normalized spacial score (nSPS) is 10.9. The summed E-state index contributed by atoms with van der Waals surface area (Å²) >= 11 is 6.16. The van der Waals surface area contributed by atoms with Gasteiger partial charge in [-0.3, -0.25) is 4.79 Å². The summed E-state index contributed by atoms with van der Waals surface area (Å²) in [5, 5.41) is 12.9. The zero-order valence-electron chi connectivity index (χ0n) is 20.3. The smallest absolute Gasteiger partial charge is 0.266 e. The Bertz CT molecular complexity index is 1440. The maximum absolute atomic E-state index is 12.7. The standard InChI is InChI=1S/C31H25ClN2O3/c1-22-5-4-6-24(17-22)20-36-28-13-9-23(10-14-28)18-26(19-33)31(35)34-27-11-15-29(16-12-27)37-21-25-7-2-3-8-30(25)32/h2-18H,20-21H2,1H3,(H,34,35)/b26-18+. The van der Waals surface area contributed by atoms with Crippen molar-refractivity contribution in [2.75, 3.05) is 5.32 Å². The van der Waals surface area contributed by atoms with E-state index in [9.17, 15) is 10.1 Å². The molecule has 37 heavy (non-hydrogen) atoms. The molecule has 0 aromatic heterocycles. The first-order chi connectivity index (χ1) is 18.0. The number of carbonyl (C=O) groups excluding carboxylic acids is 1. The summed E-state index contributed by atoms with van der Waals surface area (Å²) < 4.78 is 11.6. The van der Waals surface area contributed by atoms with Crippen molar-refractivity contribution in [2.45, 2.75) is 20.1 Å². The highest BCUT2D eigenvalue weighted by atomic mass is 35.5. The molecule has 5 nitrogen and oxygen atoms in total. The monoisotopic (exact) mass is 508 g/mol. The van der Waals surface area contributed by atoms with Crippen LogP contribution in [0, 0.1) is 18.3 Å². The van der Waals surface area contributed by atoms with Gasteiger partial charge in [-0.25, -0.2) is 0 Å². The van der Waals surface area contributed by atoms with Crippen LogP contribution in [0.15, 0.2) is 103 Å². The highest BCUT2D eigenvalue weighted by Gasteiger charge is 2.10. The quantitative estimate of drug-likeness (QED) is 0.189. The predicted molar refractivity (Wildman–Crippen MR) is 146 cm³/mol. The van der Waals surface area contributed by atoms with Crippen LogP contribution in [0.4, 0.5) is 5.69 Å².